The molecule has 156 valence electrons. The SMILES string of the molecule is COc1ccc2c(COC(=O)[C@H](C)N3C(=O)[C@H]4CC=CC[C@@H]4C3=O)cc(=O)oc2c1. The molecule has 8 heteroatoms. The zero-order chi connectivity index (χ0) is 21.4. The van der Waals surface area contributed by atoms with Crippen LogP contribution in [0.4, 0.5) is 0 Å². The summed E-state index contributed by atoms with van der Waals surface area (Å²) >= 11 is 0. The Balaban J connectivity index is 1.50. The zero-order valence-corrected chi connectivity index (χ0v) is 16.6. The number of imide groups is 1. The Morgan fingerprint density at radius 2 is 1.80 bits per heavy atom. The summed E-state index contributed by atoms with van der Waals surface area (Å²) in [6, 6.07) is 5.19. The maximum Gasteiger partial charge on any atom is 0.336 e. The van der Waals surface area contributed by atoms with Crippen molar-refractivity contribution >= 4 is 28.8 Å². The van der Waals surface area contributed by atoms with Gasteiger partial charge >= 0.3 is 11.6 Å². The van der Waals surface area contributed by atoms with Crippen molar-refractivity contribution in [3.8, 4) is 5.75 Å². The molecule has 2 amide bonds. The van der Waals surface area contributed by atoms with Gasteiger partial charge in [-0.2, -0.15) is 0 Å². The summed E-state index contributed by atoms with van der Waals surface area (Å²) in [5, 5.41) is 0.598. The minimum absolute atomic E-state index is 0.192. The van der Waals surface area contributed by atoms with Crippen LogP contribution in [0, 0.1) is 11.8 Å². The number of nitrogens with zero attached hydrogens (tertiary/aromatic N) is 1. The van der Waals surface area contributed by atoms with Crippen LogP contribution in [0.1, 0.15) is 25.3 Å². The van der Waals surface area contributed by atoms with E-state index < -0.39 is 29.5 Å². The lowest BCUT2D eigenvalue weighted by Crippen LogP contribution is -2.44. The van der Waals surface area contributed by atoms with Gasteiger partial charge in [-0.25, -0.2) is 9.59 Å². The highest BCUT2D eigenvalue weighted by atomic mass is 16.5. The molecule has 2 aliphatic rings. The van der Waals surface area contributed by atoms with Gasteiger partial charge < -0.3 is 13.9 Å². The molecule has 1 aromatic carbocycles. The largest absolute Gasteiger partial charge is 0.497 e. The molecule has 1 aliphatic heterocycles. The Labute approximate surface area is 172 Å². The molecule has 2 aromatic rings. The molecule has 1 fully saturated rings. The number of esters is 1. The van der Waals surface area contributed by atoms with Crippen molar-refractivity contribution in [3.05, 3.63) is 52.4 Å². The highest BCUT2D eigenvalue weighted by molar-refractivity contribution is 6.08. The van der Waals surface area contributed by atoms with Crippen LogP contribution in [-0.4, -0.2) is 35.8 Å². The molecule has 2 heterocycles. The van der Waals surface area contributed by atoms with Crippen molar-refractivity contribution in [1.82, 2.24) is 4.90 Å². The zero-order valence-electron chi connectivity index (χ0n) is 16.6. The van der Waals surface area contributed by atoms with Gasteiger partial charge in [0.25, 0.3) is 0 Å². The van der Waals surface area contributed by atoms with Crippen LogP contribution in [0.5, 0.6) is 5.75 Å². The van der Waals surface area contributed by atoms with Crippen LogP contribution >= 0.6 is 0 Å². The molecular formula is C22H21NO7. The van der Waals surface area contributed by atoms with Crippen LogP contribution < -0.4 is 10.4 Å². The topological polar surface area (TPSA) is 103 Å². The molecule has 0 bridgehead atoms. The Hall–Kier alpha value is -3.42. The summed E-state index contributed by atoms with van der Waals surface area (Å²) < 4.78 is 15.7. The number of amides is 2. The number of fused-ring (bicyclic) bond motifs is 2. The van der Waals surface area contributed by atoms with Crippen LogP contribution in [-0.2, 0) is 25.7 Å². The molecule has 30 heavy (non-hydrogen) atoms. The van der Waals surface area contributed by atoms with E-state index in [0.29, 0.717) is 35.1 Å². The first-order chi connectivity index (χ1) is 14.4. The predicted octanol–water partition coefficient (Wildman–Crippen LogP) is 2.18. The Bertz CT molecular complexity index is 1090. The third-order valence-electron chi connectivity index (χ3n) is 5.68. The lowest BCUT2D eigenvalue weighted by Gasteiger charge is -2.21. The molecule has 8 nitrogen and oxygen atoms in total. The van der Waals surface area contributed by atoms with Crippen LogP contribution in [0.2, 0.25) is 0 Å². The van der Waals surface area contributed by atoms with E-state index in [9.17, 15) is 19.2 Å². The lowest BCUT2D eigenvalue weighted by molar-refractivity contribution is -0.159. The molecule has 4 rings (SSSR count). The van der Waals surface area contributed by atoms with E-state index in [-0.39, 0.29) is 18.4 Å². The van der Waals surface area contributed by atoms with E-state index in [1.807, 2.05) is 12.2 Å². The van der Waals surface area contributed by atoms with E-state index in [4.69, 9.17) is 13.9 Å². The Morgan fingerprint density at radius 3 is 2.43 bits per heavy atom. The first-order valence-electron chi connectivity index (χ1n) is 9.70. The quantitative estimate of drug-likeness (QED) is 0.322. The van der Waals surface area contributed by atoms with Gasteiger partial charge in [-0.3, -0.25) is 14.5 Å². The van der Waals surface area contributed by atoms with Crippen LogP contribution in [0.3, 0.4) is 0 Å². The molecule has 0 spiro atoms. The van der Waals surface area contributed by atoms with Gasteiger partial charge in [0.05, 0.1) is 18.9 Å². The van der Waals surface area contributed by atoms with Gasteiger partial charge in [0.1, 0.15) is 24.0 Å². The Kier molecular flexibility index (Phi) is 5.15. The number of ether oxygens (including phenoxy) is 2. The molecule has 0 radical (unpaired) electrons. The number of allylic oxidation sites excluding steroid dienone is 2. The second kappa shape index (κ2) is 7.78. The van der Waals surface area contributed by atoms with Crippen molar-refractivity contribution in [2.24, 2.45) is 11.8 Å². The van der Waals surface area contributed by atoms with Gasteiger partial charge in [0.15, 0.2) is 0 Å². The molecule has 1 saturated heterocycles. The molecule has 1 aliphatic carbocycles. The summed E-state index contributed by atoms with van der Waals surface area (Å²) in [6.07, 6.45) is 4.78. The van der Waals surface area contributed by atoms with E-state index in [0.717, 1.165) is 4.90 Å². The molecule has 0 unspecified atom stereocenters. The van der Waals surface area contributed by atoms with Crippen molar-refractivity contribution in [2.75, 3.05) is 7.11 Å². The summed E-state index contributed by atoms with van der Waals surface area (Å²) in [5.41, 5.74) is 0.181. The van der Waals surface area contributed by atoms with Crippen LogP contribution in [0.25, 0.3) is 11.0 Å². The summed E-state index contributed by atoms with van der Waals surface area (Å²) in [5.74, 6) is -1.67. The number of likely N-dealkylation sites (tertiary alicyclic amines) is 1. The van der Waals surface area contributed by atoms with Gasteiger partial charge in [0.2, 0.25) is 11.8 Å². The maximum atomic E-state index is 12.6. The smallest absolute Gasteiger partial charge is 0.336 e. The fourth-order valence-electron chi connectivity index (χ4n) is 4.04. The lowest BCUT2D eigenvalue weighted by atomic mass is 9.85. The highest BCUT2D eigenvalue weighted by Gasteiger charge is 2.50. The van der Waals surface area contributed by atoms with Crippen LogP contribution in [0.15, 0.2) is 45.6 Å². The number of carbonyl (C=O) groups is 3. The molecule has 3 atom stereocenters. The van der Waals surface area contributed by atoms with Gasteiger partial charge in [0, 0.05) is 23.1 Å². The van der Waals surface area contributed by atoms with E-state index in [2.05, 4.69) is 0 Å². The number of benzene rings is 1. The minimum atomic E-state index is -1.04. The van der Waals surface area contributed by atoms with E-state index in [1.54, 1.807) is 18.2 Å². The number of rotatable bonds is 5. The fourth-order valence-corrected chi connectivity index (χ4v) is 4.04. The molecule has 1 aromatic heterocycles. The van der Waals surface area contributed by atoms with E-state index >= 15 is 0 Å². The number of methoxy groups -OCH3 is 1. The number of hydrogen-bond donors (Lipinski definition) is 0. The standard InChI is InChI=1S/C22H21NO7/c1-12(23-20(25)16-5-3-4-6-17(16)21(23)26)22(27)29-11-13-9-19(24)30-18-10-14(28-2)7-8-15(13)18/h3-4,7-10,12,16-17H,5-6,11H2,1-2H3/t12-,16-,17-/m0/s1. The number of hydrogen-bond acceptors (Lipinski definition) is 7. The van der Waals surface area contributed by atoms with E-state index in [1.165, 1.54) is 20.1 Å². The van der Waals surface area contributed by atoms with Gasteiger partial charge in [-0.05, 0) is 31.9 Å². The maximum absolute atomic E-state index is 12.6. The fraction of sp³-hybridized carbons (Fsp3) is 0.364. The summed E-state index contributed by atoms with van der Waals surface area (Å²) in [6.45, 7) is 1.29. The van der Waals surface area contributed by atoms with Crippen molar-refractivity contribution in [3.63, 3.8) is 0 Å². The second-order valence-electron chi connectivity index (χ2n) is 7.44. The normalized spacial score (nSPS) is 21.6. The second-order valence-corrected chi connectivity index (χ2v) is 7.44. The van der Waals surface area contributed by atoms with Gasteiger partial charge in [-0.15, -0.1) is 0 Å². The van der Waals surface area contributed by atoms with Crippen molar-refractivity contribution in [1.29, 1.82) is 0 Å². The van der Waals surface area contributed by atoms with Crippen molar-refractivity contribution < 1.29 is 28.3 Å². The third-order valence-corrected chi connectivity index (χ3v) is 5.68. The van der Waals surface area contributed by atoms with Crippen molar-refractivity contribution in [2.45, 2.75) is 32.4 Å². The van der Waals surface area contributed by atoms with Gasteiger partial charge in [-0.1, -0.05) is 12.2 Å². The highest BCUT2D eigenvalue weighted by Crippen LogP contribution is 2.36. The average Bonchev–Trinajstić information content (AvgIpc) is 3.01. The first kappa shape index (κ1) is 19.9. The Morgan fingerprint density at radius 1 is 1.13 bits per heavy atom. The monoisotopic (exact) mass is 411 g/mol. The minimum Gasteiger partial charge on any atom is -0.497 e. The average molecular weight is 411 g/mol. The molecule has 0 N–H and O–H groups in total. The first-order valence-corrected chi connectivity index (χ1v) is 9.70. The number of carbonyl (C=O) groups excluding carboxylic acids is 3. The third kappa shape index (κ3) is 3.38. The molecular weight excluding hydrogens is 390 g/mol. The predicted molar refractivity (Wildman–Crippen MR) is 106 cm³/mol. The molecule has 0 saturated carbocycles. The summed E-state index contributed by atoms with van der Waals surface area (Å²) in [7, 11) is 1.50. The summed E-state index contributed by atoms with van der Waals surface area (Å²) in [4.78, 5) is 50.8.